The van der Waals surface area contributed by atoms with Crippen LogP contribution in [0.4, 0.5) is 5.69 Å². The van der Waals surface area contributed by atoms with Gasteiger partial charge in [-0.2, -0.15) is 0 Å². The molecule has 0 aliphatic heterocycles. The zero-order chi connectivity index (χ0) is 14.8. The maximum Gasteiger partial charge on any atom is 0.0314 e. The summed E-state index contributed by atoms with van der Waals surface area (Å²) < 4.78 is 0. The van der Waals surface area contributed by atoms with Crippen molar-refractivity contribution in [1.82, 2.24) is 0 Å². The Kier molecular flexibility index (Phi) is 7.72. The third-order valence-electron chi connectivity index (χ3n) is 4.52. The van der Waals surface area contributed by atoms with Gasteiger partial charge in [-0.25, -0.2) is 0 Å². The van der Waals surface area contributed by atoms with Crippen molar-refractivity contribution >= 4 is 5.69 Å². The minimum Gasteiger partial charge on any atom is -0.399 e. The Morgan fingerprint density at radius 1 is 0.800 bits per heavy atom. The molecule has 2 N–H and O–H groups in total. The molecule has 1 heteroatoms. The fourth-order valence-electron chi connectivity index (χ4n) is 3.01. The van der Waals surface area contributed by atoms with Gasteiger partial charge < -0.3 is 5.73 Å². The lowest BCUT2D eigenvalue weighted by Gasteiger charge is -2.31. The predicted octanol–water partition coefficient (Wildman–Crippen LogP) is 6.08. The fourth-order valence-corrected chi connectivity index (χ4v) is 3.01. The second-order valence-corrected chi connectivity index (χ2v) is 6.45. The van der Waals surface area contributed by atoms with E-state index in [4.69, 9.17) is 5.73 Å². The first-order valence-electron chi connectivity index (χ1n) is 8.48. The number of nitrogen functional groups attached to an aromatic ring is 1. The Morgan fingerprint density at radius 3 is 1.85 bits per heavy atom. The number of anilines is 1. The molecule has 114 valence electrons. The van der Waals surface area contributed by atoms with Gasteiger partial charge in [0.25, 0.3) is 0 Å². The van der Waals surface area contributed by atoms with Gasteiger partial charge in [-0.15, -0.1) is 0 Å². The molecular formula is C19H33N. The van der Waals surface area contributed by atoms with Crippen molar-refractivity contribution in [3.8, 4) is 0 Å². The molecule has 1 unspecified atom stereocenters. The van der Waals surface area contributed by atoms with Gasteiger partial charge in [-0.3, -0.25) is 0 Å². The molecule has 0 radical (unpaired) electrons. The van der Waals surface area contributed by atoms with Crippen LogP contribution in [0.5, 0.6) is 0 Å². The summed E-state index contributed by atoms with van der Waals surface area (Å²) in [6.45, 7) is 7.00. The van der Waals surface area contributed by atoms with Crippen LogP contribution in [0.15, 0.2) is 24.3 Å². The SMILES string of the molecule is CCCCCCC(C)(CCCCC)c1ccc(N)cc1. The summed E-state index contributed by atoms with van der Waals surface area (Å²) >= 11 is 0. The third-order valence-corrected chi connectivity index (χ3v) is 4.52. The number of unbranched alkanes of at least 4 members (excludes halogenated alkanes) is 5. The van der Waals surface area contributed by atoms with Crippen LogP contribution in [0.2, 0.25) is 0 Å². The van der Waals surface area contributed by atoms with Crippen molar-refractivity contribution in [2.75, 3.05) is 5.73 Å². The molecular weight excluding hydrogens is 242 g/mol. The van der Waals surface area contributed by atoms with E-state index in [2.05, 4.69) is 45.0 Å². The van der Waals surface area contributed by atoms with Gasteiger partial charge in [0.15, 0.2) is 0 Å². The van der Waals surface area contributed by atoms with E-state index in [0.29, 0.717) is 5.41 Å². The van der Waals surface area contributed by atoms with Crippen molar-refractivity contribution in [2.45, 2.75) is 84.0 Å². The molecule has 1 nitrogen and oxygen atoms in total. The first-order chi connectivity index (χ1) is 9.62. The zero-order valence-corrected chi connectivity index (χ0v) is 13.8. The van der Waals surface area contributed by atoms with Gasteiger partial charge in [0.05, 0.1) is 0 Å². The summed E-state index contributed by atoms with van der Waals surface area (Å²) in [7, 11) is 0. The first-order valence-corrected chi connectivity index (χ1v) is 8.48. The Morgan fingerprint density at radius 2 is 1.30 bits per heavy atom. The second-order valence-electron chi connectivity index (χ2n) is 6.45. The van der Waals surface area contributed by atoms with Gasteiger partial charge in [0.2, 0.25) is 0 Å². The molecule has 0 bridgehead atoms. The number of nitrogens with two attached hydrogens (primary N) is 1. The third kappa shape index (κ3) is 5.56. The van der Waals surface area contributed by atoms with Crippen LogP contribution < -0.4 is 5.73 Å². The largest absolute Gasteiger partial charge is 0.399 e. The molecule has 0 fully saturated rings. The molecule has 1 aromatic rings. The van der Waals surface area contributed by atoms with Crippen molar-refractivity contribution in [3.63, 3.8) is 0 Å². The van der Waals surface area contributed by atoms with Gasteiger partial charge in [0.1, 0.15) is 0 Å². The number of benzene rings is 1. The summed E-state index contributed by atoms with van der Waals surface area (Å²) in [5, 5.41) is 0. The summed E-state index contributed by atoms with van der Waals surface area (Å²) in [5.74, 6) is 0. The average Bonchev–Trinajstić information content (AvgIpc) is 2.45. The Labute approximate surface area is 126 Å². The Balaban J connectivity index is 2.68. The molecule has 0 amide bonds. The van der Waals surface area contributed by atoms with E-state index in [9.17, 15) is 0 Å². The van der Waals surface area contributed by atoms with Crippen molar-refractivity contribution in [2.24, 2.45) is 0 Å². The van der Waals surface area contributed by atoms with Crippen LogP contribution in [0.1, 0.15) is 84.1 Å². The summed E-state index contributed by atoms with van der Waals surface area (Å²) in [4.78, 5) is 0. The molecule has 0 saturated carbocycles. The molecule has 0 spiro atoms. The molecule has 0 heterocycles. The van der Waals surface area contributed by atoms with E-state index in [1.165, 1.54) is 63.4 Å². The van der Waals surface area contributed by atoms with Crippen LogP contribution >= 0.6 is 0 Å². The molecule has 1 aromatic carbocycles. The molecule has 0 aromatic heterocycles. The quantitative estimate of drug-likeness (QED) is 0.406. The Hall–Kier alpha value is -0.980. The number of hydrogen-bond acceptors (Lipinski definition) is 1. The number of rotatable bonds is 10. The summed E-state index contributed by atoms with van der Waals surface area (Å²) in [6, 6.07) is 8.58. The second kappa shape index (κ2) is 9.05. The van der Waals surface area contributed by atoms with E-state index in [0.717, 1.165) is 5.69 Å². The van der Waals surface area contributed by atoms with Gasteiger partial charge in [0, 0.05) is 5.69 Å². The molecule has 1 atom stereocenters. The van der Waals surface area contributed by atoms with E-state index in [1.54, 1.807) is 0 Å². The average molecular weight is 275 g/mol. The highest BCUT2D eigenvalue weighted by atomic mass is 14.5. The zero-order valence-electron chi connectivity index (χ0n) is 13.8. The minimum absolute atomic E-state index is 0.330. The standard InChI is InChI=1S/C19H33N/c1-4-6-8-10-16-19(3,15-9-7-5-2)17-11-13-18(20)14-12-17/h11-14H,4-10,15-16,20H2,1-3H3. The van der Waals surface area contributed by atoms with Crippen LogP contribution in [0.25, 0.3) is 0 Å². The smallest absolute Gasteiger partial charge is 0.0314 e. The molecule has 0 aliphatic rings. The molecule has 1 rings (SSSR count). The van der Waals surface area contributed by atoms with Crippen LogP contribution in [-0.4, -0.2) is 0 Å². The van der Waals surface area contributed by atoms with Crippen LogP contribution in [-0.2, 0) is 5.41 Å². The van der Waals surface area contributed by atoms with Crippen LogP contribution in [0, 0.1) is 0 Å². The van der Waals surface area contributed by atoms with Gasteiger partial charge in [-0.1, -0.05) is 77.8 Å². The normalized spacial score (nSPS) is 14.2. The molecule has 20 heavy (non-hydrogen) atoms. The maximum absolute atomic E-state index is 5.83. The lowest BCUT2D eigenvalue weighted by molar-refractivity contribution is 0.366. The Bertz CT molecular complexity index is 355. The van der Waals surface area contributed by atoms with E-state index < -0.39 is 0 Å². The highest BCUT2D eigenvalue weighted by molar-refractivity contribution is 5.41. The van der Waals surface area contributed by atoms with E-state index >= 15 is 0 Å². The van der Waals surface area contributed by atoms with E-state index in [-0.39, 0.29) is 0 Å². The minimum atomic E-state index is 0.330. The first kappa shape index (κ1) is 17.1. The highest BCUT2D eigenvalue weighted by Gasteiger charge is 2.25. The van der Waals surface area contributed by atoms with Crippen molar-refractivity contribution in [1.29, 1.82) is 0 Å². The lowest BCUT2D eigenvalue weighted by Crippen LogP contribution is -2.22. The van der Waals surface area contributed by atoms with E-state index in [1.807, 2.05) is 0 Å². The lowest BCUT2D eigenvalue weighted by atomic mass is 9.74. The topological polar surface area (TPSA) is 26.0 Å². The van der Waals surface area contributed by atoms with Crippen LogP contribution in [0.3, 0.4) is 0 Å². The predicted molar refractivity (Wildman–Crippen MR) is 91.1 cm³/mol. The molecule has 0 saturated heterocycles. The molecule has 0 aliphatic carbocycles. The maximum atomic E-state index is 5.83. The fraction of sp³-hybridized carbons (Fsp3) is 0.684. The van der Waals surface area contributed by atoms with Gasteiger partial charge >= 0.3 is 0 Å². The monoisotopic (exact) mass is 275 g/mol. The van der Waals surface area contributed by atoms with Crippen molar-refractivity contribution < 1.29 is 0 Å². The van der Waals surface area contributed by atoms with Crippen molar-refractivity contribution in [3.05, 3.63) is 29.8 Å². The van der Waals surface area contributed by atoms with Gasteiger partial charge in [-0.05, 0) is 36.0 Å². The number of hydrogen-bond donors (Lipinski definition) is 1. The highest BCUT2D eigenvalue weighted by Crippen LogP contribution is 2.35. The summed E-state index contributed by atoms with van der Waals surface area (Å²) in [6.07, 6.45) is 12.0. The summed E-state index contributed by atoms with van der Waals surface area (Å²) in [5.41, 5.74) is 8.50.